The van der Waals surface area contributed by atoms with E-state index in [2.05, 4.69) is 5.54 Å². The SMILES string of the molecule is Cl[C-]=C1COc2ccccc21.[Li+]. The topological polar surface area (TPSA) is 9.23 Å². The van der Waals surface area contributed by atoms with Crippen molar-refractivity contribution in [3.8, 4) is 5.75 Å². The van der Waals surface area contributed by atoms with Crippen LogP contribution < -0.4 is 23.6 Å². The Hall–Kier alpha value is -0.353. The van der Waals surface area contributed by atoms with E-state index >= 15 is 0 Å². The minimum Gasteiger partial charge on any atom is -0.510 e. The van der Waals surface area contributed by atoms with Crippen molar-refractivity contribution < 1.29 is 23.6 Å². The zero-order valence-electron chi connectivity index (χ0n) is 6.80. The van der Waals surface area contributed by atoms with E-state index in [0.29, 0.717) is 6.61 Å². The van der Waals surface area contributed by atoms with Crippen LogP contribution in [-0.2, 0) is 0 Å². The van der Waals surface area contributed by atoms with E-state index in [0.717, 1.165) is 16.9 Å². The Kier molecular flexibility index (Phi) is 3.28. The summed E-state index contributed by atoms with van der Waals surface area (Å²) in [5.41, 5.74) is 4.57. The number of ether oxygens (including phenoxy) is 1. The van der Waals surface area contributed by atoms with Gasteiger partial charge in [0, 0.05) is 5.75 Å². The van der Waals surface area contributed by atoms with E-state index in [4.69, 9.17) is 16.3 Å². The van der Waals surface area contributed by atoms with Crippen LogP contribution in [0.4, 0.5) is 0 Å². The molecule has 0 spiro atoms. The Balaban J connectivity index is 0.000000720. The molecule has 1 heterocycles. The van der Waals surface area contributed by atoms with Gasteiger partial charge in [-0.15, -0.1) is 11.6 Å². The number of rotatable bonds is 0. The van der Waals surface area contributed by atoms with Gasteiger partial charge in [-0.3, -0.25) is 0 Å². The third-order valence-corrected chi connectivity index (χ3v) is 1.93. The molecular formula is C9H6ClLiO. The molecule has 0 atom stereocenters. The van der Waals surface area contributed by atoms with Gasteiger partial charge in [0.15, 0.2) is 0 Å². The van der Waals surface area contributed by atoms with Gasteiger partial charge < -0.3 is 4.74 Å². The number of fused-ring (bicyclic) bond motifs is 1. The monoisotopic (exact) mass is 172 g/mol. The molecule has 3 heteroatoms. The van der Waals surface area contributed by atoms with E-state index in [9.17, 15) is 0 Å². The Morgan fingerprint density at radius 3 is 2.83 bits per heavy atom. The maximum atomic E-state index is 5.47. The predicted octanol–water partition coefficient (Wildman–Crippen LogP) is -0.534. The fourth-order valence-electron chi connectivity index (χ4n) is 1.15. The average molecular weight is 173 g/mol. The third-order valence-electron chi connectivity index (χ3n) is 1.70. The number of hydrogen-bond donors (Lipinski definition) is 0. The summed E-state index contributed by atoms with van der Waals surface area (Å²) in [4.78, 5) is 0. The van der Waals surface area contributed by atoms with Gasteiger partial charge in [-0.1, -0.05) is 12.1 Å². The molecule has 0 unspecified atom stereocenters. The third kappa shape index (κ3) is 1.54. The molecule has 0 saturated carbocycles. The van der Waals surface area contributed by atoms with Gasteiger partial charge >= 0.3 is 18.9 Å². The summed E-state index contributed by atoms with van der Waals surface area (Å²) in [7, 11) is 0. The molecule has 0 fully saturated rings. The van der Waals surface area contributed by atoms with Crippen molar-refractivity contribution in [1.82, 2.24) is 0 Å². The molecular weight excluding hydrogens is 166 g/mol. The van der Waals surface area contributed by atoms with Gasteiger partial charge in [-0.05, 0) is 6.07 Å². The molecule has 0 aliphatic carbocycles. The first-order chi connectivity index (χ1) is 5.42. The van der Waals surface area contributed by atoms with Crippen LogP contribution in [0.15, 0.2) is 24.3 Å². The van der Waals surface area contributed by atoms with Crippen molar-refractivity contribution in [3.63, 3.8) is 0 Å². The van der Waals surface area contributed by atoms with E-state index in [1.54, 1.807) is 0 Å². The van der Waals surface area contributed by atoms with Crippen LogP contribution in [0, 0.1) is 5.54 Å². The quantitative estimate of drug-likeness (QED) is 0.378. The van der Waals surface area contributed by atoms with E-state index < -0.39 is 0 Å². The molecule has 2 rings (SSSR count). The summed E-state index contributed by atoms with van der Waals surface area (Å²) < 4.78 is 5.32. The summed E-state index contributed by atoms with van der Waals surface area (Å²) in [5.74, 6) is 0.899. The molecule has 1 aliphatic heterocycles. The number of halogens is 1. The molecule has 12 heavy (non-hydrogen) atoms. The van der Waals surface area contributed by atoms with Crippen molar-refractivity contribution in [2.75, 3.05) is 6.61 Å². The molecule has 1 aromatic rings. The van der Waals surface area contributed by atoms with Crippen LogP contribution in [-0.4, -0.2) is 6.61 Å². The van der Waals surface area contributed by atoms with Gasteiger partial charge in [0.2, 0.25) is 0 Å². The van der Waals surface area contributed by atoms with Crippen LogP contribution in [0.5, 0.6) is 5.75 Å². The zero-order chi connectivity index (χ0) is 7.68. The first-order valence-electron chi connectivity index (χ1n) is 3.36. The summed E-state index contributed by atoms with van der Waals surface area (Å²) in [6.45, 7) is 0.544. The van der Waals surface area contributed by atoms with Crippen LogP contribution >= 0.6 is 11.6 Å². The first-order valence-corrected chi connectivity index (χ1v) is 3.74. The molecule has 1 nitrogen and oxygen atoms in total. The Bertz CT molecular complexity index is 309. The van der Waals surface area contributed by atoms with E-state index in [1.165, 1.54) is 0 Å². The van der Waals surface area contributed by atoms with E-state index in [-0.39, 0.29) is 18.9 Å². The molecule has 1 aliphatic rings. The normalized spacial score (nSPS) is 16.6. The second kappa shape index (κ2) is 4.05. The second-order valence-corrected chi connectivity index (χ2v) is 2.55. The van der Waals surface area contributed by atoms with Gasteiger partial charge in [0.05, 0.1) is 6.61 Å². The predicted molar refractivity (Wildman–Crippen MR) is 44.4 cm³/mol. The van der Waals surface area contributed by atoms with Crippen LogP contribution in [0.25, 0.3) is 5.57 Å². The summed E-state index contributed by atoms with van der Waals surface area (Å²) >= 11 is 5.47. The standard InChI is InChI=1S/C9H6ClO.Li/c10-5-7-6-11-9-4-2-1-3-8(7)9;/h1-4H,6H2;/q-1;+1. The molecule has 0 saturated heterocycles. The van der Waals surface area contributed by atoms with Crippen LogP contribution in [0.3, 0.4) is 0 Å². The van der Waals surface area contributed by atoms with Crippen molar-refractivity contribution in [2.24, 2.45) is 0 Å². The molecule has 1 aromatic carbocycles. The molecule has 56 valence electrons. The fourth-order valence-corrected chi connectivity index (χ4v) is 1.30. The summed E-state index contributed by atoms with van der Waals surface area (Å²) in [6, 6.07) is 7.81. The molecule has 0 radical (unpaired) electrons. The second-order valence-electron chi connectivity index (χ2n) is 2.36. The van der Waals surface area contributed by atoms with Crippen molar-refractivity contribution in [1.29, 1.82) is 0 Å². The van der Waals surface area contributed by atoms with Gasteiger partial charge in [0.1, 0.15) is 0 Å². The van der Waals surface area contributed by atoms with Crippen LogP contribution in [0.1, 0.15) is 5.56 Å². The average Bonchev–Trinajstić information content (AvgIpc) is 2.47. The number of benzene rings is 1. The maximum absolute atomic E-state index is 5.47. The largest absolute Gasteiger partial charge is 1.00 e. The summed E-state index contributed by atoms with van der Waals surface area (Å²) in [6.07, 6.45) is 0. The molecule has 0 N–H and O–H groups in total. The van der Waals surface area contributed by atoms with Crippen molar-refractivity contribution >= 4 is 17.2 Å². The van der Waals surface area contributed by atoms with Gasteiger partial charge in [0.25, 0.3) is 0 Å². The Morgan fingerprint density at radius 1 is 1.33 bits per heavy atom. The minimum absolute atomic E-state index is 0. The maximum Gasteiger partial charge on any atom is 1.00 e. The first kappa shape index (κ1) is 9.73. The van der Waals surface area contributed by atoms with E-state index in [1.807, 2.05) is 24.3 Å². The minimum atomic E-state index is 0. The van der Waals surface area contributed by atoms with Gasteiger partial charge in [-0.25, -0.2) is 11.6 Å². The molecule has 0 bridgehead atoms. The van der Waals surface area contributed by atoms with Crippen molar-refractivity contribution in [3.05, 3.63) is 35.4 Å². The fraction of sp³-hybridized carbons (Fsp3) is 0.111. The Morgan fingerprint density at radius 2 is 2.08 bits per heavy atom. The van der Waals surface area contributed by atoms with Crippen molar-refractivity contribution in [2.45, 2.75) is 0 Å². The zero-order valence-corrected chi connectivity index (χ0v) is 7.56. The molecule has 0 aromatic heterocycles. The Labute approximate surface area is 88.5 Å². The smallest absolute Gasteiger partial charge is 0.510 e. The molecule has 0 amide bonds. The number of para-hydroxylation sites is 1. The summed E-state index contributed by atoms with van der Waals surface area (Å²) in [5, 5.41) is 0. The van der Waals surface area contributed by atoms with Gasteiger partial charge in [-0.2, -0.15) is 11.1 Å². The van der Waals surface area contributed by atoms with Crippen LogP contribution in [0.2, 0.25) is 0 Å². The number of hydrogen-bond acceptors (Lipinski definition) is 1.